The van der Waals surface area contributed by atoms with Crippen LogP contribution < -0.4 is 4.90 Å². The number of piperidine rings is 1. The van der Waals surface area contributed by atoms with Crippen LogP contribution in [0.15, 0.2) is 42.7 Å². The molecule has 3 rings (SSSR count). The Balaban J connectivity index is 1.95. The lowest BCUT2D eigenvalue weighted by molar-refractivity contribution is 0.379. The van der Waals surface area contributed by atoms with Crippen LogP contribution in [0.4, 0.5) is 5.82 Å². The lowest BCUT2D eigenvalue weighted by atomic mass is 9.90. The Hall–Kier alpha value is -1.61. The third-order valence-corrected chi connectivity index (χ3v) is 4.07. The van der Waals surface area contributed by atoms with E-state index in [2.05, 4.69) is 52.1 Å². The van der Waals surface area contributed by atoms with Gasteiger partial charge in [-0.1, -0.05) is 48.9 Å². The lowest BCUT2D eigenvalue weighted by Crippen LogP contribution is -2.38. The number of hydrogen-bond donors (Lipinski definition) is 0. The smallest absolute Gasteiger partial charge is 0.149 e. The van der Waals surface area contributed by atoms with Crippen LogP contribution in [0.25, 0.3) is 0 Å². The molecule has 0 N–H and O–H groups in total. The van der Waals surface area contributed by atoms with E-state index < -0.39 is 0 Å². The highest BCUT2D eigenvalue weighted by Crippen LogP contribution is 2.36. The maximum Gasteiger partial charge on any atom is 0.149 e. The minimum Gasteiger partial charge on any atom is -0.348 e. The average Bonchev–Trinajstić information content (AvgIpc) is 2.48. The monoisotopic (exact) mass is 287 g/mol. The topological polar surface area (TPSA) is 29.0 Å². The van der Waals surface area contributed by atoms with Gasteiger partial charge in [-0.3, -0.25) is 4.98 Å². The highest BCUT2D eigenvalue weighted by molar-refractivity contribution is 6.29. The molecule has 0 unspecified atom stereocenters. The molecule has 1 aliphatic heterocycles. The van der Waals surface area contributed by atoms with Gasteiger partial charge in [-0.05, 0) is 24.3 Å². The van der Waals surface area contributed by atoms with Gasteiger partial charge < -0.3 is 4.90 Å². The minimum absolute atomic E-state index is 0.361. The Bertz CT molecular complexity index is 573. The van der Waals surface area contributed by atoms with Crippen LogP contribution in [-0.2, 0) is 0 Å². The first kappa shape index (κ1) is 13.4. The number of rotatable bonds is 2. The normalized spacial score (nSPS) is 22.8. The second-order valence-corrected chi connectivity index (χ2v) is 5.85. The van der Waals surface area contributed by atoms with E-state index in [0.717, 1.165) is 18.8 Å². The van der Waals surface area contributed by atoms with Crippen molar-refractivity contribution in [3.63, 3.8) is 0 Å². The van der Waals surface area contributed by atoms with Gasteiger partial charge in [-0.15, -0.1) is 0 Å². The molecule has 4 heteroatoms. The highest BCUT2D eigenvalue weighted by Gasteiger charge is 2.28. The first-order chi connectivity index (χ1) is 9.74. The molecule has 2 heterocycles. The number of anilines is 1. The van der Waals surface area contributed by atoms with E-state index in [4.69, 9.17) is 11.6 Å². The van der Waals surface area contributed by atoms with Crippen molar-refractivity contribution in [2.24, 2.45) is 5.92 Å². The molecule has 1 saturated heterocycles. The Labute approximate surface area is 124 Å². The molecule has 2 atom stereocenters. The van der Waals surface area contributed by atoms with Crippen molar-refractivity contribution in [3.8, 4) is 0 Å². The van der Waals surface area contributed by atoms with Crippen LogP contribution in [0, 0.1) is 5.92 Å². The average molecular weight is 288 g/mol. The molecule has 3 nitrogen and oxygen atoms in total. The molecule has 104 valence electrons. The summed E-state index contributed by atoms with van der Waals surface area (Å²) in [5.74, 6) is 1.54. The SMILES string of the molecule is C[C@@H]1CC[C@@H](c2ccccc2)N(c2cncc(Cl)n2)C1. The van der Waals surface area contributed by atoms with Gasteiger partial charge in [-0.25, -0.2) is 4.98 Å². The standard InChI is InChI=1S/C16H18ClN3/c1-12-7-8-14(13-5-3-2-4-6-13)20(11-12)16-10-18-9-15(17)19-16/h2-6,9-10,12,14H,7-8,11H2,1H3/t12-,14+/m1/s1. The van der Waals surface area contributed by atoms with E-state index in [0.29, 0.717) is 17.1 Å². The zero-order chi connectivity index (χ0) is 13.9. The molecule has 0 bridgehead atoms. The van der Waals surface area contributed by atoms with Crippen molar-refractivity contribution in [1.29, 1.82) is 0 Å². The second kappa shape index (κ2) is 5.80. The van der Waals surface area contributed by atoms with Crippen molar-refractivity contribution in [2.45, 2.75) is 25.8 Å². The van der Waals surface area contributed by atoms with E-state index in [1.165, 1.54) is 12.0 Å². The first-order valence-electron chi connectivity index (χ1n) is 7.03. The third kappa shape index (κ3) is 2.78. The Morgan fingerprint density at radius 1 is 1.15 bits per heavy atom. The quantitative estimate of drug-likeness (QED) is 0.832. The van der Waals surface area contributed by atoms with Crippen LogP contribution in [0.2, 0.25) is 5.15 Å². The molecule has 0 radical (unpaired) electrons. The molecular formula is C16H18ClN3. The Morgan fingerprint density at radius 3 is 2.70 bits per heavy atom. The number of halogens is 1. The molecule has 0 amide bonds. The predicted molar refractivity (Wildman–Crippen MR) is 82.0 cm³/mol. The van der Waals surface area contributed by atoms with Gasteiger partial charge in [0.2, 0.25) is 0 Å². The zero-order valence-electron chi connectivity index (χ0n) is 11.5. The largest absolute Gasteiger partial charge is 0.348 e. The molecule has 1 aromatic carbocycles. The van der Waals surface area contributed by atoms with Crippen molar-refractivity contribution in [2.75, 3.05) is 11.4 Å². The summed E-state index contributed by atoms with van der Waals surface area (Å²) in [6.45, 7) is 3.28. The number of nitrogens with zero attached hydrogens (tertiary/aromatic N) is 3. The van der Waals surface area contributed by atoms with Crippen molar-refractivity contribution in [1.82, 2.24) is 9.97 Å². The molecule has 1 fully saturated rings. The van der Waals surface area contributed by atoms with E-state index in [-0.39, 0.29) is 0 Å². The maximum atomic E-state index is 5.99. The molecule has 0 aliphatic carbocycles. The molecule has 0 spiro atoms. The fraction of sp³-hybridized carbons (Fsp3) is 0.375. The van der Waals surface area contributed by atoms with Crippen molar-refractivity contribution < 1.29 is 0 Å². The van der Waals surface area contributed by atoms with Gasteiger partial charge in [0, 0.05) is 6.54 Å². The van der Waals surface area contributed by atoms with Crippen LogP contribution in [0.1, 0.15) is 31.4 Å². The zero-order valence-corrected chi connectivity index (χ0v) is 12.3. The van der Waals surface area contributed by atoms with Gasteiger partial charge in [0.15, 0.2) is 0 Å². The maximum absolute atomic E-state index is 5.99. The predicted octanol–water partition coefficient (Wildman–Crippen LogP) is 4.11. The summed E-state index contributed by atoms with van der Waals surface area (Å²) in [7, 11) is 0. The molecule has 20 heavy (non-hydrogen) atoms. The fourth-order valence-corrected chi connectivity index (χ4v) is 3.04. The van der Waals surface area contributed by atoms with Crippen molar-refractivity contribution >= 4 is 17.4 Å². The summed E-state index contributed by atoms with van der Waals surface area (Å²) in [5.41, 5.74) is 1.33. The number of hydrogen-bond acceptors (Lipinski definition) is 3. The fourth-order valence-electron chi connectivity index (χ4n) is 2.90. The molecular weight excluding hydrogens is 270 g/mol. The summed E-state index contributed by atoms with van der Waals surface area (Å²) in [6, 6.07) is 11.0. The van der Waals surface area contributed by atoms with Gasteiger partial charge >= 0.3 is 0 Å². The van der Waals surface area contributed by atoms with E-state index in [9.17, 15) is 0 Å². The molecule has 1 aromatic heterocycles. The summed E-state index contributed by atoms with van der Waals surface area (Å²) < 4.78 is 0. The molecule has 1 aliphatic rings. The molecule has 2 aromatic rings. The molecule has 0 saturated carbocycles. The number of aromatic nitrogens is 2. The van der Waals surface area contributed by atoms with Gasteiger partial charge in [0.05, 0.1) is 18.4 Å². The Morgan fingerprint density at radius 2 is 1.95 bits per heavy atom. The van der Waals surface area contributed by atoms with Gasteiger partial charge in [0.25, 0.3) is 0 Å². The van der Waals surface area contributed by atoms with Crippen LogP contribution in [-0.4, -0.2) is 16.5 Å². The van der Waals surface area contributed by atoms with E-state index in [1.807, 2.05) is 0 Å². The third-order valence-electron chi connectivity index (χ3n) is 3.89. The summed E-state index contributed by atoms with van der Waals surface area (Å²) in [5, 5.41) is 0.451. The van der Waals surface area contributed by atoms with E-state index in [1.54, 1.807) is 12.4 Å². The van der Waals surface area contributed by atoms with Crippen LogP contribution in [0.5, 0.6) is 0 Å². The first-order valence-corrected chi connectivity index (χ1v) is 7.41. The van der Waals surface area contributed by atoms with Gasteiger partial charge in [-0.2, -0.15) is 0 Å². The minimum atomic E-state index is 0.361. The van der Waals surface area contributed by atoms with Crippen LogP contribution in [0.3, 0.4) is 0 Å². The van der Waals surface area contributed by atoms with Crippen molar-refractivity contribution in [3.05, 3.63) is 53.4 Å². The second-order valence-electron chi connectivity index (χ2n) is 5.46. The summed E-state index contributed by atoms with van der Waals surface area (Å²) in [6.07, 6.45) is 5.76. The number of benzene rings is 1. The van der Waals surface area contributed by atoms with Crippen LogP contribution >= 0.6 is 11.6 Å². The lowest BCUT2D eigenvalue weighted by Gasteiger charge is -2.39. The summed E-state index contributed by atoms with van der Waals surface area (Å²) >= 11 is 5.99. The summed E-state index contributed by atoms with van der Waals surface area (Å²) in [4.78, 5) is 10.9. The van der Waals surface area contributed by atoms with Gasteiger partial charge in [0.1, 0.15) is 11.0 Å². The highest BCUT2D eigenvalue weighted by atomic mass is 35.5. The van der Waals surface area contributed by atoms with E-state index >= 15 is 0 Å². The Kier molecular flexibility index (Phi) is 3.88.